The third-order valence-corrected chi connectivity index (χ3v) is 3.55. The van der Waals surface area contributed by atoms with E-state index in [9.17, 15) is 13.5 Å². The molecule has 0 spiro atoms. The molecule has 0 saturated heterocycles. The summed E-state index contributed by atoms with van der Waals surface area (Å²) in [6.45, 7) is 0. The molecule has 0 aromatic carbocycles. The van der Waals surface area contributed by atoms with Crippen LogP contribution in [0.1, 0.15) is 25.7 Å². The fourth-order valence-electron chi connectivity index (χ4n) is 1.81. The summed E-state index contributed by atoms with van der Waals surface area (Å²) in [5.74, 6) is -0.132. The first-order valence-corrected chi connectivity index (χ1v) is 6.52. The number of aliphatic hydroxyl groups is 1. The second-order valence-electron chi connectivity index (χ2n) is 4.13. The van der Waals surface area contributed by atoms with Crippen LogP contribution in [0, 0.1) is 0 Å². The third kappa shape index (κ3) is 4.59. The average Bonchev–Trinajstić information content (AvgIpc) is 1.92. The van der Waals surface area contributed by atoms with Gasteiger partial charge in [0.2, 0.25) is 0 Å². The molecule has 1 rings (SSSR count). The summed E-state index contributed by atoms with van der Waals surface area (Å²) in [6.07, 6.45) is 3.58. The van der Waals surface area contributed by atoms with Gasteiger partial charge in [0.1, 0.15) is 9.84 Å². The molecule has 1 aliphatic carbocycles. The number of rotatable bonds is 2. The molecular weight excluding hydrogens is 226 g/mol. The second kappa shape index (κ2) is 4.79. The summed E-state index contributed by atoms with van der Waals surface area (Å²) in [5.41, 5.74) is 4.63. The van der Waals surface area contributed by atoms with E-state index in [0.717, 1.165) is 6.26 Å². The second-order valence-corrected chi connectivity index (χ2v) is 6.27. The summed E-state index contributed by atoms with van der Waals surface area (Å²) in [7, 11) is -3.09. The highest BCUT2D eigenvalue weighted by atomic mass is 35.5. The molecule has 86 valence electrons. The van der Waals surface area contributed by atoms with Gasteiger partial charge >= 0.3 is 0 Å². The normalized spacial score (nSPS) is 33.5. The van der Waals surface area contributed by atoms with Crippen LogP contribution in [0.25, 0.3) is 0 Å². The Labute approximate surface area is 91.2 Å². The summed E-state index contributed by atoms with van der Waals surface area (Å²) in [5, 5.41) is 9.89. The highest BCUT2D eigenvalue weighted by Crippen LogP contribution is 2.28. The van der Waals surface area contributed by atoms with E-state index in [-0.39, 0.29) is 24.2 Å². The standard InChI is InChI=1S/C8H17NO3S.ClH/c1-13(11,12)6-8(10)4-2-7(9)3-5-8;/h7,10H,2-6,9H2,1H3;1H/t7-,8-;. The molecular formula is C8H18ClNO3S. The number of sulfone groups is 1. The summed E-state index contributed by atoms with van der Waals surface area (Å²) in [6, 6.07) is 0.125. The van der Waals surface area contributed by atoms with Gasteiger partial charge in [-0.1, -0.05) is 0 Å². The van der Waals surface area contributed by atoms with Crippen molar-refractivity contribution in [3.05, 3.63) is 0 Å². The van der Waals surface area contributed by atoms with Crippen LogP contribution in [0.2, 0.25) is 0 Å². The largest absolute Gasteiger partial charge is 0.389 e. The molecule has 1 fully saturated rings. The first-order chi connectivity index (χ1) is 5.81. The van der Waals surface area contributed by atoms with Crippen LogP contribution in [0.3, 0.4) is 0 Å². The Morgan fingerprint density at radius 1 is 1.43 bits per heavy atom. The molecule has 14 heavy (non-hydrogen) atoms. The van der Waals surface area contributed by atoms with E-state index in [0.29, 0.717) is 25.7 Å². The molecule has 6 heteroatoms. The van der Waals surface area contributed by atoms with Gasteiger partial charge in [-0.05, 0) is 25.7 Å². The van der Waals surface area contributed by atoms with Crippen LogP contribution in [0.5, 0.6) is 0 Å². The number of hydrogen-bond donors (Lipinski definition) is 2. The maximum Gasteiger partial charge on any atom is 0.150 e. The molecule has 0 aromatic heterocycles. The molecule has 0 radical (unpaired) electrons. The van der Waals surface area contributed by atoms with E-state index >= 15 is 0 Å². The van der Waals surface area contributed by atoms with Crippen molar-refractivity contribution < 1.29 is 13.5 Å². The van der Waals surface area contributed by atoms with E-state index in [1.807, 2.05) is 0 Å². The molecule has 3 N–H and O–H groups in total. The van der Waals surface area contributed by atoms with E-state index in [2.05, 4.69) is 0 Å². The van der Waals surface area contributed by atoms with E-state index in [1.54, 1.807) is 0 Å². The summed E-state index contributed by atoms with van der Waals surface area (Å²) < 4.78 is 22.0. The lowest BCUT2D eigenvalue weighted by Crippen LogP contribution is -2.43. The van der Waals surface area contributed by atoms with Gasteiger partial charge in [0.15, 0.2) is 0 Å². The summed E-state index contributed by atoms with van der Waals surface area (Å²) >= 11 is 0. The lowest BCUT2D eigenvalue weighted by Gasteiger charge is -2.33. The van der Waals surface area contributed by atoms with Crippen LogP contribution in [-0.4, -0.2) is 37.2 Å². The highest BCUT2D eigenvalue weighted by molar-refractivity contribution is 7.90. The molecule has 0 amide bonds. The predicted molar refractivity (Wildman–Crippen MR) is 58.4 cm³/mol. The maximum atomic E-state index is 11.0. The maximum absolute atomic E-state index is 11.0. The van der Waals surface area contributed by atoms with Crippen LogP contribution < -0.4 is 5.73 Å². The SMILES string of the molecule is CS(=O)(=O)C[C@]1(O)CC[C@H](N)CC1.Cl. The van der Waals surface area contributed by atoms with Gasteiger partial charge in [0.05, 0.1) is 11.4 Å². The van der Waals surface area contributed by atoms with Crippen molar-refractivity contribution >= 4 is 22.2 Å². The highest BCUT2D eigenvalue weighted by Gasteiger charge is 2.34. The molecule has 0 bridgehead atoms. The zero-order valence-corrected chi connectivity index (χ0v) is 9.90. The molecule has 4 nitrogen and oxygen atoms in total. The Bertz CT molecular complexity index is 270. The first-order valence-electron chi connectivity index (χ1n) is 4.46. The Kier molecular flexibility index (Phi) is 4.84. The van der Waals surface area contributed by atoms with Gasteiger partial charge in [0, 0.05) is 12.3 Å². The van der Waals surface area contributed by atoms with Crippen molar-refractivity contribution in [2.24, 2.45) is 5.73 Å². The molecule has 0 unspecified atom stereocenters. The van der Waals surface area contributed by atoms with Crippen molar-refractivity contribution in [1.82, 2.24) is 0 Å². The minimum atomic E-state index is -3.09. The zero-order chi connectivity index (χ0) is 10.1. The van der Waals surface area contributed by atoms with E-state index in [4.69, 9.17) is 5.73 Å². The van der Waals surface area contributed by atoms with Crippen molar-refractivity contribution in [2.45, 2.75) is 37.3 Å². The Balaban J connectivity index is 0.00000169. The van der Waals surface area contributed by atoms with Gasteiger partial charge in [-0.3, -0.25) is 0 Å². The number of halogens is 1. The van der Waals surface area contributed by atoms with Crippen molar-refractivity contribution in [3.63, 3.8) is 0 Å². The predicted octanol–water partition coefficient (Wildman–Crippen LogP) is 0.0852. The minimum absolute atomic E-state index is 0. The smallest absolute Gasteiger partial charge is 0.150 e. The van der Waals surface area contributed by atoms with Crippen LogP contribution in [-0.2, 0) is 9.84 Å². The van der Waals surface area contributed by atoms with E-state index < -0.39 is 15.4 Å². The fourth-order valence-corrected chi connectivity index (χ4v) is 3.07. The van der Waals surface area contributed by atoms with Gasteiger partial charge in [-0.25, -0.2) is 8.42 Å². The third-order valence-electron chi connectivity index (χ3n) is 2.49. The van der Waals surface area contributed by atoms with Crippen LogP contribution in [0.15, 0.2) is 0 Å². The first kappa shape index (κ1) is 14.2. The van der Waals surface area contributed by atoms with Gasteiger partial charge in [-0.15, -0.1) is 12.4 Å². The summed E-state index contributed by atoms with van der Waals surface area (Å²) in [4.78, 5) is 0. The van der Waals surface area contributed by atoms with E-state index in [1.165, 1.54) is 0 Å². The molecule has 0 heterocycles. The van der Waals surface area contributed by atoms with Gasteiger partial charge in [0.25, 0.3) is 0 Å². The number of nitrogens with two attached hydrogens (primary N) is 1. The molecule has 1 aliphatic rings. The molecule has 0 atom stereocenters. The quantitative estimate of drug-likeness (QED) is 0.720. The van der Waals surface area contributed by atoms with Crippen molar-refractivity contribution in [2.75, 3.05) is 12.0 Å². The van der Waals surface area contributed by atoms with Gasteiger partial charge in [-0.2, -0.15) is 0 Å². The van der Waals surface area contributed by atoms with Crippen LogP contribution in [0.4, 0.5) is 0 Å². The topological polar surface area (TPSA) is 80.4 Å². The lowest BCUT2D eigenvalue weighted by atomic mass is 9.84. The minimum Gasteiger partial charge on any atom is -0.389 e. The monoisotopic (exact) mass is 243 g/mol. The van der Waals surface area contributed by atoms with Crippen molar-refractivity contribution in [1.29, 1.82) is 0 Å². The zero-order valence-electron chi connectivity index (χ0n) is 8.27. The lowest BCUT2D eigenvalue weighted by molar-refractivity contribution is 0.0211. The Hall–Kier alpha value is 0.160. The molecule has 0 aromatic rings. The Morgan fingerprint density at radius 2 is 1.86 bits per heavy atom. The molecule has 0 aliphatic heterocycles. The molecule has 1 saturated carbocycles. The Morgan fingerprint density at radius 3 is 2.21 bits per heavy atom. The average molecular weight is 244 g/mol. The van der Waals surface area contributed by atoms with Crippen LogP contribution >= 0.6 is 12.4 Å². The fraction of sp³-hybridized carbons (Fsp3) is 1.00. The van der Waals surface area contributed by atoms with Crippen molar-refractivity contribution in [3.8, 4) is 0 Å². The number of hydrogen-bond acceptors (Lipinski definition) is 4. The van der Waals surface area contributed by atoms with Gasteiger partial charge < -0.3 is 10.8 Å².